The lowest BCUT2D eigenvalue weighted by molar-refractivity contribution is 0.102. The molecule has 4 nitrogen and oxygen atoms in total. The number of Topliss-reactive ketones (excluding diaryl/α,β-unsaturated/α-hetero) is 1. The molecule has 0 bridgehead atoms. The van der Waals surface area contributed by atoms with E-state index in [1.807, 2.05) is 0 Å². The Morgan fingerprint density at radius 1 is 1.21 bits per heavy atom. The molecular weight excluding hydrogens is 286 g/mol. The second-order valence-electron chi connectivity index (χ2n) is 4.68. The largest absolute Gasteiger partial charge is 0.293 e. The highest BCUT2D eigenvalue weighted by atomic mass is 35.5. The second kappa shape index (κ2) is 6.03. The standard InChI is InChI=1S/C13H16ClNO3S/c14-9-13(16)10-5-7-12(8-6-10)19(17,18)15-11-3-1-2-4-11/h5-8,11,15H,1-4,9H2. The monoisotopic (exact) mass is 301 g/mol. The molecule has 0 spiro atoms. The van der Waals surface area contributed by atoms with Crippen LogP contribution in [0.2, 0.25) is 0 Å². The normalized spacial score (nSPS) is 16.7. The molecular formula is C13H16ClNO3S. The molecule has 0 amide bonds. The van der Waals surface area contributed by atoms with Gasteiger partial charge in [-0.2, -0.15) is 0 Å². The Labute approximate surface area is 118 Å². The highest BCUT2D eigenvalue weighted by Crippen LogP contribution is 2.20. The third kappa shape index (κ3) is 3.55. The molecule has 1 aliphatic rings. The van der Waals surface area contributed by atoms with Crippen molar-refractivity contribution >= 4 is 27.4 Å². The fourth-order valence-electron chi connectivity index (χ4n) is 2.23. The average Bonchev–Trinajstić information content (AvgIpc) is 2.90. The first kappa shape index (κ1) is 14.5. The first-order chi connectivity index (χ1) is 9.03. The predicted molar refractivity (Wildman–Crippen MR) is 74.1 cm³/mol. The summed E-state index contributed by atoms with van der Waals surface area (Å²) in [4.78, 5) is 11.5. The minimum absolute atomic E-state index is 0.0363. The minimum atomic E-state index is -3.49. The third-order valence-electron chi connectivity index (χ3n) is 3.28. The Kier molecular flexibility index (Phi) is 4.60. The number of rotatable bonds is 5. The van der Waals surface area contributed by atoms with Crippen LogP contribution in [0.5, 0.6) is 0 Å². The maximum atomic E-state index is 12.1. The smallest absolute Gasteiger partial charge is 0.240 e. The van der Waals surface area contributed by atoms with Crippen LogP contribution >= 0.6 is 11.6 Å². The zero-order chi connectivity index (χ0) is 13.9. The van der Waals surface area contributed by atoms with E-state index in [0.29, 0.717) is 5.56 Å². The Morgan fingerprint density at radius 2 is 1.79 bits per heavy atom. The number of hydrogen-bond donors (Lipinski definition) is 1. The van der Waals surface area contributed by atoms with Gasteiger partial charge in [0.1, 0.15) is 0 Å². The lowest BCUT2D eigenvalue weighted by atomic mass is 10.1. The van der Waals surface area contributed by atoms with Crippen LogP contribution in [-0.2, 0) is 10.0 Å². The van der Waals surface area contributed by atoms with Gasteiger partial charge in [-0.1, -0.05) is 25.0 Å². The Hall–Kier alpha value is -0.910. The number of ketones is 1. The Morgan fingerprint density at radius 3 is 2.32 bits per heavy atom. The van der Waals surface area contributed by atoms with Gasteiger partial charge in [-0.05, 0) is 25.0 Å². The van der Waals surface area contributed by atoms with Crippen molar-refractivity contribution in [3.05, 3.63) is 29.8 Å². The summed E-state index contributed by atoms with van der Waals surface area (Å²) in [5.41, 5.74) is 0.426. The van der Waals surface area contributed by atoms with Crippen LogP contribution in [0.3, 0.4) is 0 Å². The van der Waals surface area contributed by atoms with E-state index >= 15 is 0 Å². The summed E-state index contributed by atoms with van der Waals surface area (Å²) in [6, 6.07) is 5.91. The van der Waals surface area contributed by atoms with E-state index in [4.69, 9.17) is 11.6 Å². The number of carbonyl (C=O) groups is 1. The molecule has 0 unspecified atom stereocenters. The molecule has 0 radical (unpaired) electrons. The van der Waals surface area contributed by atoms with Crippen LogP contribution in [-0.4, -0.2) is 26.1 Å². The van der Waals surface area contributed by atoms with Gasteiger partial charge in [0, 0.05) is 11.6 Å². The molecule has 1 N–H and O–H groups in total. The van der Waals surface area contributed by atoms with Crippen molar-refractivity contribution in [3.8, 4) is 0 Å². The summed E-state index contributed by atoms with van der Waals surface area (Å²) in [6.45, 7) is 0. The first-order valence-corrected chi connectivity index (χ1v) is 8.26. The topological polar surface area (TPSA) is 63.2 Å². The number of hydrogen-bond acceptors (Lipinski definition) is 3. The van der Waals surface area contributed by atoms with Crippen LogP contribution in [0.1, 0.15) is 36.0 Å². The van der Waals surface area contributed by atoms with Gasteiger partial charge in [0.05, 0.1) is 10.8 Å². The fourth-order valence-corrected chi connectivity index (χ4v) is 3.69. The Balaban J connectivity index is 2.14. The van der Waals surface area contributed by atoms with Gasteiger partial charge in [0.25, 0.3) is 0 Å². The van der Waals surface area contributed by atoms with Gasteiger partial charge >= 0.3 is 0 Å². The van der Waals surface area contributed by atoms with E-state index in [0.717, 1.165) is 25.7 Å². The van der Waals surface area contributed by atoms with E-state index in [-0.39, 0.29) is 22.6 Å². The maximum Gasteiger partial charge on any atom is 0.240 e. The zero-order valence-electron chi connectivity index (χ0n) is 10.4. The van der Waals surface area contributed by atoms with Crippen LogP contribution in [0, 0.1) is 0 Å². The molecule has 2 rings (SSSR count). The molecule has 0 atom stereocenters. The van der Waals surface area contributed by atoms with E-state index in [1.165, 1.54) is 24.3 Å². The Bertz CT molecular complexity index is 548. The van der Waals surface area contributed by atoms with E-state index in [9.17, 15) is 13.2 Å². The number of nitrogens with one attached hydrogen (secondary N) is 1. The fraction of sp³-hybridized carbons (Fsp3) is 0.462. The number of sulfonamides is 1. The van der Waals surface area contributed by atoms with Crippen molar-refractivity contribution < 1.29 is 13.2 Å². The summed E-state index contributed by atoms with van der Waals surface area (Å²) < 4.78 is 26.9. The van der Waals surface area contributed by atoms with Gasteiger partial charge in [0.2, 0.25) is 10.0 Å². The van der Waals surface area contributed by atoms with Crippen molar-refractivity contribution in [3.63, 3.8) is 0 Å². The number of halogens is 1. The summed E-state index contributed by atoms with van der Waals surface area (Å²) in [7, 11) is -3.49. The quantitative estimate of drug-likeness (QED) is 0.670. The molecule has 1 aliphatic carbocycles. The maximum absolute atomic E-state index is 12.1. The first-order valence-electron chi connectivity index (χ1n) is 6.24. The third-order valence-corrected chi connectivity index (χ3v) is 5.06. The van der Waals surface area contributed by atoms with Crippen LogP contribution < -0.4 is 4.72 Å². The number of carbonyl (C=O) groups excluding carboxylic acids is 1. The summed E-state index contributed by atoms with van der Waals surface area (Å²) in [5, 5.41) is 0. The summed E-state index contributed by atoms with van der Waals surface area (Å²) >= 11 is 5.45. The SMILES string of the molecule is O=C(CCl)c1ccc(S(=O)(=O)NC2CCCC2)cc1. The van der Waals surface area contributed by atoms with Crippen molar-refractivity contribution in [1.82, 2.24) is 4.72 Å². The second-order valence-corrected chi connectivity index (χ2v) is 6.67. The lowest BCUT2D eigenvalue weighted by Crippen LogP contribution is -2.32. The van der Waals surface area contributed by atoms with E-state index in [2.05, 4.69) is 4.72 Å². The van der Waals surface area contributed by atoms with Crippen LogP contribution in [0.15, 0.2) is 29.2 Å². The molecule has 104 valence electrons. The number of benzene rings is 1. The average molecular weight is 302 g/mol. The summed E-state index contributed by atoms with van der Waals surface area (Å²) in [5.74, 6) is -0.318. The van der Waals surface area contributed by atoms with Crippen molar-refractivity contribution in [2.24, 2.45) is 0 Å². The number of alkyl halides is 1. The molecule has 0 saturated heterocycles. The highest BCUT2D eigenvalue weighted by molar-refractivity contribution is 7.89. The molecule has 1 saturated carbocycles. The highest BCUT2D eigenvalue weighted by Gasteiger charge is 2.22. The molecule has 1 aromatic carbocycles. The van der Waals surface area contributed by atoms with Gasteiger partial charge < -0.3 is 0 Å². The van der Waals surface area contributed by atoms with E-state index < -0.39 is 10.0 Å². The van der Waals surface area contributed by atoms with Gasteiger partial charge in [-0.15, -0.1) is 11.6 Å². The van der Waals surface area contributed by atoms with Crippen molar-refractivity contribution in [1.29, 1.82) is 0 Å². The molecule has 6 heteroatoms. The molecule has 0 heterocycles. The molecule has 1 fully saturated rings. The minimum Gasteiger partial charge on any atom is -0.293 e. The van der Waals surface area contributed by atoms with Gasteiger partial charge in [-0.25, -0.2) is 13.1 Å². The molecule has 0 aliphatic heterocycles. The van der Waals surface area contributed by atoms with Gasteiger partial charge in [-0.3, -0.25) is 4.79 Å². The van der Waals surface area contributed by atoms with Crippen LogP contribution in [0.4, 0.5) is 0 Å². The molecule has 1 aromatic rings. The lowest BCUT2D eigenvalue weighted by Gasteiger charge is -2.12. The predicted octanol–water partition coefficient (Wildman–Crippen LogP) is 2.33. The molecule has 19 heavy (non-hydrogen) atoms. The summed E-state index contributed by atoms with van der Waals surface area (Å²) in [6.07, 6.45) is 3.91. The van der Waals surface area contributed by atoms with Gasteiger partial charge in [0.15, 0.2) is 5.78 Å². The van der Waals surface area contributed by atoms with Crippen molar-refractivity contribution in [2.75, 3.05) is 5.88 Å². The van der Waals surface area contributed by atoms with Crippen LogP contribution in [0.25, 0.3) is 0 Å². The zero-order valence-corrected chi connectivity index (χ0v) is 12.0. The van der Waals surface area contributed by atoms with Crippen molar-refractivity contribution in [2.45, 2.75) is 36.6 Å². The van der Waals surface area contributed by atoms with E-state index in [1.54, 1.807) is 0 Å². The molecule has 0 aromatic heterocycles.